The lowest BCUT2D eigenvalue weighted by Crippen LogP contribution is -2.06. The molecule has 1 fully saturated rings. The summed E-state index contributed by atoms with van der Waals surface area (Å²) in [6, 6.07) is 20.2. The van der Waals surface area contributed by atoms with Crippen molar-refractivity contribution in [2.75, 3.05) is 0 Å². The Bertz CT molecular complexity index is 597. The Morgan fingerprint density at radius 1 is 1.06 bits per heavy atom. The van der Waals surface area contributed by atoms with Crippen LogP contribution < -0.4 is 0 Å². The van der Waals surface area contributed by atoms with Crippen LogP contribution in [0.25, 0.3) is 0 Å². The molecule has 0 N–H and O–H groups in total. The van der Waals surface area contributed by atoms with Crippen molar-refractivity contribution in [3.05, 3.63) is 71.3 Å². The van der Waals surface area contributed by atoms with Crippen molar-refractivity contribution < 1.29 is 4.74 Å². The molecule has 2 aromatic carbocycles. The fourth-order valence-corrected chi connectivity index (χ4v) is 2.25. The fourth-order valence-electron chi connectivity index (χ4n) is 2.25. The van der Waals surface area contributed by atoms with E-state index >= 15 is 0 Å². The smallest absolute Gasteiger partial charge is 0.210 e. The molecule has 2 atom stereocenters. The molecule has 88 valence electrons. The van der Waals surface area contributed by atoms with Gasteiger partial charge in [-0.2, -0.15) is 5.26 Å². The lowest BCUT2D eigenvalue weighted by Gasteiger charge is -2.04. The largest absolute Gasteiger partial charge is 0.340 e. The summed E-state index contributed by atoms with van der Waals surface area (Å²) >= 11 is 0. The van der Waals surface area contributed by atoms with E-state index < -0.39 is 5.60 Å². The number of nitriles is 1. The molecule has 0 aromatic heterocycles. The molecule has 1 aliphatic rings. The van der Waals surface area contributed by atoms with Gasteiger partial charge in [0.25, 0.3) is 0 Å². The summed E-state index contributed by atoms with van der Waals surface area (Å²) in [5.74, 6) is 0. The zero-order chi connectivity index (χ0) is 12.6. The van der Waals surface area contributed by atoms with E-state index in [1.807, 2.05) is 61.5 Å². The van der Waals surface area contributed by atoms with Crippen molar-refractivity contribution in [3.63, 3.8) is 0 Å². The van der Waals surface area contributed by atoms with E-state index in [1.165, 1.54) is 5.56 Å². The second kappa shape index (κ2) is 3.97. The van der Waals surface area contributed by atoms with Crippen LogP contribution in [0.2, 0.25) is 0 Å². The minimum Gasteiger partial charge on any atom is -0.340 e. The van der Waals surface area contributed by atoms with Gasteiger partial charge in [-0.1, -0.05) is 60.2 Å². The molecule has 2 nitrogen and oxygen atoms in total. The van der Waals surface area contributed by atoms with Crippen LogP contribution >= 0.6 is 0 Å². The molecule has 0 bridgehead atoms. The SMILES string of the molecule is Cc1ccc([C@@H]2O[C@@]2(C#N)c2ccccc2)cc1. The van der Waals surface area contributed by atoms with E-state index in [4.69, 9.17) is 4.74 Å². The van der Waals surface area contributed by atoms with E-state index in [1.54, 1.807) is 0 Å². The van der Waals surface area contributed by atoms with Gasteiger partial charge >= 0.3 is 0 Å². The number of nitrogens with zero attached hydrogens (tertiary/aromatic N) is 1. The number of rotatable bonds is 2. The molecule has 3 rings (SSSR count). The summed E-state index contributed by atoms with van der Waals surface area (Å²) in [5, 5.41) is 9.42. The number of ether oxygens (including phenoxy) is 1. The maximum absolute atomic E-state index is 9.42. The molecule has 0 aliphatic carbocycles. The maximum Gasteiger partial charge on any atom is 0.210 e. The Hall–Kier alpha value is -2.11. The Morgan fingerprint density at radius 3 is 2.33 bits per heavy atom. The number of aryl methyl sites for hydroxylation is 1. The second-order valence-electron chi connectivity index (χ2n) is 4.62. The van der Waals surface area contributed by atoms with E-state index in [-0.39, 0.29) is 6.10 Å². The van der Waals surface area contributed by atoms with Crippen LogP contribution in [0.5, 0.6) is 0 Å². The molecule has 1 heterocycles. The molecule has 1 saturated heterocycles. The van der Waals surface area contributed by atoms with Gasteiger partial charge < -0.3 is 4.74 Å². The van der Waals surface area contributed by atoms with Gasteiger partial charge in [0, 0.05) is 5.56 Å². The average molecular weight is 235 g/mol. The van der Waals surface area contributed by atoms with Crippen LogP contribution in [-0.4, -0.2) is 0 Å². The third-order valence-corrected chi connectivity index (χ3v) is 3.36. The van der Waals surface area contributed by atoms with E-state index in [9.17, 15) is 5.26 Å². The molecule has 1 aliphatic heterocycles. The molecule has 18 heavy (non-hydrogen) atoms. The van der Waals surface area contributed by atoms with Gasteiger partial charge in [-0.15, -0.1) is 0 Å². The zero-order valence-corrected chi connectivity index (χ0v) is 10.1. The van der Waals surface area contributed by atoms with Gasteiger partial charge in [0.1, 0.15) is 12.2 Å². The first-order chi connectivity index (χ1) is 8.76. The minimum absolute atomic E-state index is 0.148. The first kappa shape index (κ1) is 11.0. The molecular formula is C16H13NO. The number of hydrogen-bond acceptors (Lipinski definition) is 2. The third-order valence-electron chi connectivity index (χ3n) is 3.36. The summed E-state index contributed by atoms with van der Waals surface area (Å²) < 4.78 is 5.70. The standard InChI is InChI=1S/C16H13NO/c1-12-7-9-13(10-8-12)15-16(11-17,18-15)14-5-3-2-4-6-14/h2-10,15H,1H3/t15-,16-/m0/s1. The van der Waals surface area contributed by atoms with Crippen LogP contribution in [0.3, 0.4) is 0 Å². The Labute approximate surface area is 106 Å². The zero-order valence-electron chi connectivity index (χ0n) is 10.1. The van der Waals surface area contributed by atoms with Crippen LogP contribution in [-0.2, 0) is 10.3 Å². The normalized spacial score (nSPS) is 25.4. The molecule has 0 spiro atoms. The summed E-state index contributed by atoms with van der Waals surface area (Å²) in [6.45, 7) is 2.05. The minimum atomic E-state index is -0.795. The highest BCUT2D eigenvalue weighted by atomic mass is 16.6. The molecule has 0 radical (unpaired) electrons. The number of hydrogen-bond donors (Lipinski definition) is 0. The number of benzene rings is 2. The highest BCUT2D eigenvalue weighted by molar-refractivity contribution is 5.42. The summed E-state index contributed by atoms with van der Waals surface area (Å²) in [6.07, 6.45) is -0.148. The van der Waals surface area contributed by atoms with Gasteiger partial charge in [0.15, 0.2) is 0 Å². The molecule has 2 heteroatoms. The molecule has 0 amide bonds. The molecule has 0 unspecified atom stereocenters. The quantitative estimate of drug-likeness (QED) is 0.747. The number of epoxide rings is 1. The first-order valence-corrected chi connectivity index (χ1v) is 5.97. The summed E-state index contributed by atoms with van der Waals surface area (Å²) in [4.78, 5) is 0. The summed E-state index contributed by atoms with van der Waals surface area (Å²) in [5.41, 5.74) is 2.40. The van der Waals surface area contributed by atoms with Crippen molar-refractivity contribution in [1.29, 1.82) is 5.26 Å². The summed E-state index contributed by atoms with van der Waals surface area (Å²) in [7, 11) is 0. The maximum atomic E-state index is 9.42. The highest BCUT2D eigenvalue weighted by Crippen LogP contribution is 2.56. The van der Waals surface area contributed by atoms with Crippen molar-refractivity contribution in [2.24, 2.45) is 0 Å². The van der Waals surface area contributed by atoms with Crippen LogP contribution in [0.1, 0.15) is 22.8 Å². The van der Waals surface area contributed by atoms with Gasteiger partial charge in [-0.05, 0) is 12.5 Å². The fraction of sp³-hybridized carbons (Fsp3) is 0.188. The molecule has 0 saturated carbocycles. The first-order valence-electron chi connectivity index (χ1n) is 5.97. The monoisotopic (exact) mass is 235 g/mol. The van der Waals surface area contributed by atoms with Crippen LogP contribution in [0.4, 0.5) is 0 Å². The average Bonchev–Trinajstić information content (AvgIpc) is 3.17. The van der Waals surface area contributed by atoms with E-state index in [2.05, 4.69) is 6.07 Å². The van der Waals surface area contributed by atoms with Gasteiger partial charge in [-0.3, -0.25) is 0 Å². The van der Waals surface area contributed by atoms with E-state index in [0.29, 0.717) is 0 Å². The Morgan fingerprint density at radius 2 is 1.72 bits per heavy atom. The Kier molecular flexibility index (Phi) is 2.43. The lowest BCUT2D eigenvalue weighted by atomic mass is 9.93. The third kappa shape index (κ3) is 1.61. The van der Waals surface area contributed by atoms with Gasteiger partial charge in [0.2, 0.25) is 5.60 Å². The van der Waals surface area contributed by atoms with Crippen LogP contribution in [0, 0.1) is 18.3 Å². The van der Waals surface area contributed by atoms with Crippen molar-refractivity contribution in [2.45, 2.75) is 18.6 Å². The van der Waals surface area contributed by atoms with Crippen molar-refractivity contribution in [1.82, 2.24) is 0 Å². The van der Waals surface area contributed by atoms with Crippen LogP contribution in [0.15, 0.2) is 54.6 Å². The van der Waals surface area contributed by atoms with Gasteiger partial charge in [0.05, 0.1) is 0 Å². The highest BCUT2D eigenvalue weighted by Gasteiger charge is 2.59. The Balaban J connectivity index is 1.95. The van der Waals surface area contributed by atoms with Crippen molar-refractivity contribution >= 4 is 0 Å². The van der Waals surface area contributed by atoms with Crippen molar-refractivity contribution in [3.8, 4) is 6.07 Å². The second-order valence-corrected chi connectivity index (χ2v) is 4.62. The predicted molar refractivity (Wildman–Crippen MR) is 68.7 cm³/mol. The topological polar surface area (TPSA) is 36.3 Å². The van der Waals surface area contributed by atoms with Gasteiger partial charge in [-0.25, -0.2) is 0 Å². The molecule has 2 aromatic rings. The van der Waals surface area contributed by atoms with E-state index in [0.717, 1.165) is 11.1 Å². The predicted octanol–water partition coefficient (Wildman–Crippen LogP) is 3.49. The molecular weight excluding hydrogens is 222 g/mol. The lowest BCUT2D eigenvalue weighted by molar-refractivity contribution is 0.340.